The van der Waals surface area contributed by atoms with Crippen molar-refractivity contribution in [3.63, 3.8) is 0 Å². The van der Waals surface area contributed by atoms with Crippen LogP contribution in [0, 0.1) is 6.92 Å². The summed E-state index contributed by atoms with van der Waals surface area (Å²) in [7, 11) is 1.74. The van der Waals surface area contributed by atoms with Gasteiger partial charge in [-0.2, -0.15) is 0 Å². The zero-order valence-corrected chi connectivity index (χ0v) is 11.5. The molecule has 0 atom stereocenters. The second-order valence-corrected chi connectivity index (χ2v) is 4.31. The number of aromatic nitrogens is 2. The molecule has 0 aliphatic carbocycles. The van der Waals surface area contributed by atoms with Crippen LogP contribution >= 0.6 is 12.2 Å². The zero-order chi connectivity index (χ0) is 13.7. The van der Waals surface area contributed by atoms with Crippen LogP contribution in [0.25, 0.3) is 0 Å². The second kappa shape index (κ2) is 6.25. The first-order valence-corrected chi connectivity index (χ1v) is 5.98. The Morgan fingerprint density at radius 3 is 2.78 bits per heavy atom. The fourth-order valence-electron chi connectivity index (χ4n) is 1.39. The van der Waals surface area contributed by atoms with Gasteiger partial charge in [0.05, 0.1) is 6.54 Å². The predicted octanol–water partition coefficient (Wildman–Crippen LogP) is -0.00848. The van der Waals surface area contributed by atoms with E-state index in [9.17, 15) is 4.79 Å². The zero-order valence-electron chi connectivity index (χ0n) is 10.7. The monoisotopic (exact) mass is 267 g/mol. The second-order valence-electron chi connectivity index (χ2n) is 3.87. The molecule has 0 saturated carbocycles. The van der Waals surface area contributed by atoms with Gasteiger partial charge < -0.3 is 16.0 Å². The van der Waals surface area contributed by atoms with Gasteiger partial charge in [0.1, 0.15) is 10.7 Å². The predicted molar refractivity (Wildman–Crippen MR) is 74.6 cm³/mol. The Hall–Kier alpha value is -1.76. The van der Waals surface area contributed by atoms with Crippen molar-refractivity contribution < 1.29 is 4.79 Å². The SMILES string of the molecule is CCNC(=O)CN(C)c1nc(C)cc(C(N)=S)n1. The molecule has 7 heteroatoms. The first-order chi connectivity index (χ1) is 8.43. The minimum atomic E-state index is -0.0815. The van der Waals surface area contributed by atoms with Crippen molar-refractivity contribution in [3.05, 3.63) is 17.5 Å². The molecule has 18 heavy (non-hydrogen) atoms. The van der Waals surface area contributed by atoms with E-state index in [4.69, 9.17) is 18.0 Å². The van der Waals surface area contributed by atoms with Gasteiger partial charge in [0.15, 0.2) is 0 Å². The molecular weight excluding hydrogens is 250 g/mol. The topological polar surface area (TPSA) is 84.1 Å². The highest BCUT2D eigenvalue weighted by atomic mass is 32.1. The number of rotatable bonds is 5. The fraction of sp³-hybridized carbons (Fsp3) is 0.455. The summed E-state index contributed by atoms with van der Waals surface area (Å²) < 4.78 is 0. The third-order valence-corrected chi connectivity index (χ3v) is 2.40. The number of amides is 1. The van der Waals surface area contributed by atoms with E-state index in [1.54, 1.807) is 18.0 Å². The number of carbonyl (C=O) groups excluding carboxylic acids is 1. The summed E-state index contributed by atoms with van der Waals surface area (Å²) >= 11 is 4.89. The average Bonchev–Trinajstić information content (AvgIpc) is 2.28. The molecule has 1 amide bonds. The number of anilines is 1. The van der Waals surface area contributed by atoms with E-state index in [-0.39, 0.29) is 17.4 Å². The largest absolute Gasteiger partial charge is 0.388 e. The van der Waals surface area contributed by atoms with Crippen LogP contribution in [0.1, 0.15) is 18.3 Å². The van der Waals surface area contributed by atoms with Gasteiger partial charge in [0.25, 0.3) is 0 Å². The van der Waals surface area contributed by atoms with Crippen molar-refractivity contribution in [2.24, 2.45) is 5.73 Å². The van der Waals surface area contributed by atoms with E-state index < -0.39 is 0 Å². The van der Waals surface area contributed by atoms with Crippen molar-refractivity contribution in [1.82, 2.24) is 15.3 Å². The Balaban J connectivity index is 2.88. The summed E-state index contributed by atoms with van der Waals surface area (Å²) in [4.78, 5) is 21.8. The molecule has 0 bridgehead atoms. The standard InChI is InChI=1S/C11H17N5OS/c1-4-13-9(17)6-16(3)11-14-7(2)5-8(15-11)10(12)18/h5H,4,6H2,1-3H3,(H2,12,18)(H,13,17). The smallest absolute Gasteiger partial charge is 0.239 e. The van der Waals surface area contributed by atoms with E-state index in [1.807, 2.05) is 13.8 Å². The Morgan fingerprint density at radius 1 is 1.56 bits per heavy atom. The highest BCUT2D eigenvalue weighted by Crippen LogP contribution is 2.08. The maximum atomic E-state index is 11.5. The van der Waals surface area contributed by atoms with Crippen LogP contribution in [0.5, 0.6) is 0 Å². The van der Waals surface area contributed by atoms with Crippen molar-refractivity contribution in [1.29, 1.82) is 0 Å². The number of thiocarbonyl (C=S) groups is 1. The molecule has 0 aliphatic heterocycles. The molecule has 6 nitrogen and oxygen atoms in total. The average molecular weight is 267 g/mol. The maximum absolute atomic E-state index is 11.5. The van der Waals surface area contributed by atoms with Crippen molar-refractivity contribution in [2.45, 2.75) is 13.8 Å². The minimum absolute atomic E-state index is 0.0815. The summed E-state index contributed by atoms with van der Waals surface area (Å²) in [6.07, 6.45) is 0. The molecule has 1 aromatic rings. The molecule has 3 N–H and O–H groups in total. The molecule has 0 unspecified atom stereocenters. The third kappa shape index (κ3) is 3.92. The lowest BCUT2D eigenvalue weighted by Gasteiger charge is -2.17. The molecule has 0 fully saturated rings. The summed E-state index contributed by atoms with van der Waals surface area (Å²) in [5.74, 6) is 0.353. The number of aryl methyl sites for hydroxylation is 1. The lowest BCUT2D eigenvalue weighted by Crippen LogP contribution is -2.36. The number of carbonyl (C=O) groups is 1. The van der Waals surface area contributed by atoms with Gasteiger partial charge in [-0.05, 0) is 19.9 Å². The number of hydrogen-bond donors (Lipinski definition) is 2. The molecule has 1 rings (SSSR count). The summed E-state index contributed by atoms with van der Waals surface area (Å²) in [5.41, 5.74) is 6.81. The van der Waals surface area contributed by atoms with Crippen LogP contribution in [-0.4, -0.2) is 41.0 Å². The Bertz CT molecular complexity index is 463. The van der Waals surface area contributed by atoms with Gasteiger partial charge in [0, 0.05) is 19.3 Å². The molecule has 0 saturated heterocycles. The minimum Gasteiger partial charge on any atom is -0.388 e. The van der Waals surface area contributed by atoms with Gasteiger partial charge in [-0.15, -0.1) is 0 Å². The van der Waals surface area contributed by atoms with Gasteiger partial charge in [-0.25, -0.2) is 9.97 Å². The van der Waals surface area contributed by atoms with Crippen LogP contribution in [0.15, 0.2) is 6.07 Å². The van der Waals surface area contributed by atoms with E-state index in [1.165, 1.54) is 0 Å². The van der Waals surface area contributed by atoms with Crippen LogP contribution in [0.2, 0.25) is 0 Å². The first kappa shape index (κ1) is 14.3. The summed E-state index contributed by atoms with van der Waals surface area (Å²) in [5, 5.41) is 2.71. The Kier molecular flexibility index (Phi) is 4.96. The summed E-state index contributed by atoms with van der Waals surface area (Å²) in [6, 6.07) is 1.71. The van der Waals surface area contributed by atoms with E-state index >= 15 is 0 Å². The van der Waals surface area contributed by atoms with Crippen LogP contribution < -0.4 is 16.0 Å². The van der Waals surface area contributed by atoms with Gasteiger partial charge in [-0.1, -0.05) is 12.2 Å². The number of likely N-dealkylation sites (N-methyl/N-ethyl adjacent to an activating group) is 2. The number of nitrogens with zero attached hydrogens (tertiary/aromatic N) is 3. The van der Waals surface area contributed by atoms with Crippen LogP contribution in [-0.2, 0) is 4.79 Å². The number of hydrogen-bond acceptors (Lipinski definition) is 5. The van der Waals surface area contributed by atoms with Gasteiger partial charge in [0.2, 0.25) is 11.9 Å². The third-order valence-electron chi connectivity index (χ3n) is 2.19. The summed E-state index contributed by atoms with van der Waals surface area (Å²) in [6.45, 7) is 4.48. The Labute approximate surface area is 112 Å². The van der Waals surface area contributed by atoms with Crippen LogP contribution in [0.3, 0.4) is 0 Å². The van der Waals surface area contributed by atoms with Crippen molar-refractivity contribution in [3.8, 4) is 0 Å². The maximum Gasteiger partial charge on any atom is 0.239 e. The molecular formula is C11H17N5OS. The molecule has 1 heterocycles. The molecule has 0 aromatic carbocycles. The lowest BCUT2D eigenvalue weighted by atomic mass is 10.3. The quantitative estimate of drug-likeness (QED) is 0.730. The van der Waals surface area contributed by atoms with Crippen molar-refractivity contribution >= 4 is 29.1 Å². The molecule has 1 aromatic heterocycles. The Morgan fingerprint density at radius 2 is 2.22 bits per heavy atom. The molecule has 0 aliphatic rings. The lowest BCUT2D eigenvalue weighted by molar-refractivity contribution is -0.119. The van der Waals surface area contributed by atoms with Crippen LogP contribution in [0.4, 0.5) is 5.95 Å². The molecule has 0 radical (unpaired) electrons. The van der Waals surface area contributed by atoms with E-state index in [0.29, 0.717) is 18.2 Å². The van der Waals surface area contributed by atoms with E-state index in [0.717, 1.165) is 5.69 Å². The normalized spacial score (nSPS) is 9.94. The molecule has 98 valence electrons. The number of nitrogens with one attached hydrogen (secondary N) is 1. The van der Waals surface area contributed by atoms with Gasteiger partial charge in [-0.3, -0.25) is 4.79 Å². The first-order valence-electron chi connectivity index (χ1n) is 5.57. The molecule has 0 spiro atoms. The van der Waals surface area contributed by atoms with Gasteiger partial charge >= 0.3 is 0 Å². The fourth-order valence-corrected chi connectivity index (χ4v) is 1.49. The van der Waals surface area contributed by atoms with E-state index in [2.05, 4.69) is 15.3 Å². The number of nitrogens with two attached hydrogens (primary N) is 1. The highest BCUT2D eigenvalue weighted by molar-refractivity contribution is 7.80. The van der Waals surface area contributed by atoms with Crippen molar-refractivity contribution in [2.75, 3.05) is 25.0 Å². The highest BCUT2D eigenvalue weighted by Gasteiger charge is 2.11.